The lowest BCUT2D eigenvalue weighted by Crippen LogP contribution is -2.39. The van der Waals surface area contributed by atoms with Gasteiger partial charge in [0.25, 0.3) is 0 Å². The molecule has 0 heterocycles. The molecule has 5 nitrogen and oxygen atoms in total. The van der Waals surface area contributed by atoms with Crippen molar-refractivity contribution in [1.29, 1.82) is 0 Å². The van der Waals surface area contributed by atoms with Crippen LogP contribution < -0.4 is 10.0 Å². The molecule has 0 radical (unpaired) electrons. The number of hydrogen-bond donors (Lipinski definition) is 2. The van der Waals surface area contributed by atoms with Crippen molar-refractivity contribution >= 4 is 27.5 Å². The molecule has 0 saturated carbocycles. The van der Waals surface area contributed by atoms with Gasteiger partial charge in [0.15, 0.2) is 0 Å². The van der Waals surface area contributed by atoms with Crippen LogP contribution in [0.4, 0.5) is 0 Å². The van der Waals surface area contributed by atoms with E-state index in [1.54, 1.807) is 13.8 Å². The fourth-order valence-corrected chi connectivity index (χ4v) is 1.48. The maximum Gasteiger partial charge on any atom is 0.226 e. The van der Waals surface area contributed by atoms with Crippen LogP contribution in [-0.2, 0) is 14.8 Å². The van der Waals surface area contributed by atoms with Crippen LogP contribution in [0.2, 0.25) is 0 Å². The minimum Gasteiger partial charge on any atom is -0.356 e. The van der Waals surface area contributed by atoms with Gasteiger partial charge in [-0.15, -0.1) is 11.6 Å². The van der Waals surface area contributed by atoms with Crippen molar-refractivity contribution in [2.75, 3.05) is 25.2 Å². The third-order valence-corrected chi connectivity index (χ3v) is 3.35. The summed E-state index contributed by atoms with van der Waals surface area (Å²) in [5.74, 6) is 0.127. The molecule has 2 N–H and O–H groups in total. The summed E-state index contributed by atoms with van der Waals surface area (Å²) in [6.45, 7) is 4.26. The van der Waals surface area contributed by atoms with E-state index < -0.39 is 15.4 Å². The predicted molar refractivity (Wildman–Crippen MR) is 65.0 cm³/mol. The van der Waals surface area contributed by atoms with Crippen LogP contribution in [-0.4, -0.2) is 39.6 Å². The standard InChI is InChI=1S/C9H19ClN2O3S/c1-9(2,7-10)8(13)11-5-4-6-12-16(3,14)15/h12H,4-7H2,1-3H3,(H,11,13). The number of carbonyl (C=O) groups is 1. The highest BCUT2D eigenvalue weighted by Crippen LogP contribution is 2.16. The summed E-state index contributed by atoms with van der Waals surface area (Å²) in [5, 5.41) is 2.70. The first kappa shape index (κ1) is 15.7. The summed E-state index contributed by atoms with van der Waals surface area (Å²) in [5.41, 5.74) is -0.591. The van der Waals surface area contributed by atoms with E-state index in [0.717, 1.165) is 6.26 Å². The number of hydrogen-bond acceptors (Lipinski definition) is 3. The lowest BCUT2D eigenvalue weighted by atomic mass is 9.95. The second-order valence-corrected chi connectivity index (χ2v) is 6.39. The van der Waals surface area contributed by atoms with Crippen molar-refractivity contribution < 1.29 is 13.2 Å². The highest BCUT2D eigenvalue weighted by molar-refractivity contribution is 7.88. The Balaban J connectivity index is 3.72. The fourth-order valence-electron chi connectivity index (χ4n) is 0.848. The second kappa shape index (κ2) is 6.42. The van der Waals surface area contributed by atoms with E-state index >= 15 is 0 Å². The van der Waals surface area contributed by atoms with E-state index in [9.17, 15) is 13.2 Å². The smallest absolute Gasteiger partial charge is 0.226 e. The largest absolute Gasteiger partial charge is 0.356 e. The predicted octanol–water partition coefficient (Wildman–Crippen LogP) is 0.307. The van der Waals surface area contributed by atoms with Crippen LogP contribution >= 0.6 is 11.6 Å². The number of sulfonamides is 1. The highest BCUT2D eigenvalue weighted by atomic mass is 35.5. The molecular formula is C9H19ClN2O3S. The van der Waals surface area contributed by atoms with Crippen LogP contribution in [0.15, 0.2) is 0 Å². The summed E-state index contributed by atoms with van der Waals surface area (Å²) >= 11 is 5.64. The third kappa shape index (κ3) is 7.03. The number of amides is 1. The first-order chi connectivity index (χ1) is 7.19. The van der Waals surface area contributed by atoms with Crippen molar-refractivity contribution in [3.8, 4) is 0 Å². The molecule has 0 rings (SSSR count). The Bertz CT molecular complexity index is 328. The molecule has 0 aliphatic rings. The molecule has 0 atom stereocenters. The molecule has 0 spiro atoms. The lowest BCUT2D eigenvalue weighted by molar-refractivity contribution is -0.128. The zero-order chi connectivity index (χ0) is 12.8. The van der Waals surface area contributed by atoms with E-state index in [0.29, 0.717) is 19.5 Å². The van der Waals surface area contributed by atoms with Crippen molar-refractivity contribution in [2.24, 2.45) is 5.41 Å². The molecule has 0 aromatic carbocycles. The van der Waals surface area contributed by atoms with Crippen molar-refractivity contribution in [3.63, 3.8) is 0 Å². The van der Waals surface area contributed by atoms with E-state index in [1.165, 1.54) is 0 Å². The molecule has 7 heteroatoms. The summed E-state index contributed by atoms with van der Waals surface area (Å²) in [4.78, 5) is 11.5. The number of carbonyl (C=O) groups excluding carboxylic acids is 1. The quantitative estimate of drug-likeness (QED) is 0.516. The Morgan fingerprint density at radius 3 is 2.31 bits per heavy atom. The molecule has 0 fully saturated rings. The first-order valence-electron chi connectivity index (χ1n) is 4.98. The monoisotopic (exact) mass is 270 g/mol. The van der Waals surface area contributed by atoms with Crippen LogP contribution in [0, 0.1) is 5.41 Å². The van der Waals surface area contributed by atoms with Crippen LogP contribution in [0.1, 0.15) is 20.3 Å². The summed E-state index contributed by atoms with van der Waals surface area (Å²) in [6.07, 6.45) is 1.65. The third-order valence-electron chi connectivity index (χ3n) is 1.95. The Labute approximate surface area is 102 Å². The average Bonchev–Trinajstić information content (AvgIpc) is 2.15. The van der Waals surface area contributed by atoms with Crippen LogP contribution in [0.5, 0.6) is 0 Å². The van der Waals surface area contributed by atoms with Crippen LogP contribution in [0.3, 0.4) is 0 Å². The van der Waals surface area contributed by atoms with Gasteiger partial charge >= 0.3 is 0 Å². The van der Waals surface area contributed by atoms with E-state index in [1.807, 2.05) is 0 Å². The van der Waals surface area contributed by atoms with Gasteiger partial charge in [0.1, 0.15) is 0 Å². The van der Waals surface area contributed by atoms with Gasteiger partial charge in [0.2, 0.25) is 15.9 Å². The van der Waals surface area contributed by atoms with Gasteiger partial charge in [-0.25, -0.2) is 13.1 Å². The molecule has 0 aliphatic heterocycles. The van der Waals surface area contributed by atoms with Crippen molar-refractivity contribution in [3.05, 3.63) is 0 Å². The topological polar surface area (TPSA) is 75.3 Å². The molecular weight excluding hydrogens is 252 g/mol. The average molecular weight is 271 g/mol. The molecule has 96 valence electrons. The van der Waals surface area contributed by atoms with Gasteiger partial charge in [-0.05, 0) is 20.3 Å². The van der Waals surface area contributed by atoms with Crippen molar-refractivity contribution in [2.45, 2.75) is 20.3 Å². The molecule has 0 aromatic rings. The van der Waals surface area contributed by atoms with E-state index in [2.05, 4.69) is 10.0 Å². The molecule has 0 aliphatic carbocycles. The number of nitrogens with one attached hydrogen (secondary N) is 2. The molecule has 16 heavy (non-hydrogen) atoms. The Morgan fingerprint density at radius 2 is 1.88 bits per heavy atom. The van der Waals surface area contributed by atoms with Crippen LogP contribution in [0.25, 0.3) is 0 Å². The van der Waals surface area contributed by atoms with E-state index in [-0.39, 0.29) is 11.8 Å². The Morgan fingerprint density at radius 1 is 1.31 bits per heavy atom. The van der Waals surface area contributed by atoms with Gasteiger partial charge in [-0.1, -0.05) is 0 Å². The van der Waals surface area contributed by atoms with Gasteiger partial charge < -0.3 is 5.32 Å². The highest BCUT2D eigenvalue weighted by Gasteiger charge is 2.25. The number of halogens is 1. The summed E-state index contributed by atoms with van der Waals surface area (Å²) in [6, 6.07) is 0. The normalized spacial score (nSPS) is 12.5. The number of rotatable bonds is 7. The Kier molecular flexibility index (Phi) is 6.28. The maximum atomic E-state index is 11.5. The summed E-state index contributed by atoms with van der Waals surface area (Å²) in [7, 11) is -3.14. The molecule has 1 amide bonds. The van der Waals surface area contributed by atoms with Gasteiger partial charge in [-0.2, -0.15) is 0 Å². The van der Waals surface area contributed by atoms with Gasteiger partial charge in [0.05, 0.1) is 11.7 Å². The number of alkyl halides is 1. The zero-order valence-corrected chi connectivity index (χ0v) is 11.4. The van der Waals surface area contributed by atoms with E-state index in [4.69, 9.17) is 11.6 Å². The minimum absolute atomic E-state index is 0.123. The lowest BCUT2D eigenvalue weighted by Gasteiger charge is -2.20. The second-order valence-electron chi connectivity index (χ2n) is 4.29. The first-order valence-corrected chi connectivity index (χ1v) is 7.40. The molecule has 0 saturated heterocycles. The fraction of sp³-hybridized carbons (Fsp3) is 0.889. The molecule has 0 aromatic heterocycles. The molecule has 0 unspecified atom stereocenters. The molecule has 0 bridgehead atoms. The van der Waals surface area contributed by atoms with Gasteiger partial charge in [0, 0.05) is 19.0 Å². The Hall–Kier alpha value is -0.330. The SMILES string of the molecule is CC(C)(CCl)C(=O)NCCCNS(C)(=O)=O. The van der Waals surface area contributed by atoms with Gasteiger partial charge in [-0.3, -0.25) is 4.79 Å². The maximum absolute atomic E-state index is 11.5. The minimum atomic E-state index is -3.14. The van der Waals surface area contributed by atoms with Crippen molar-refractivity contribution in [1.82, 2.24) is 10.0 Å². The summed E-state index contributed by atoms with van der Waals surface area (Å²) < 4.78 is 23.8. The zero-order valence-electron chi connectivity index (χ0n) is 9.84.